The second-order valence-electron chi connectivity index (χ2n) is 6.70. The van der Waals surface area contributed by atoms with E-state index < -0.39 is 0 Å². The highest BCUT2D eigenvalue weighted by atomic mass is 16.5. The summed E-state index contributed by atoms with van der Waals surface area (Å²) in [6, 6.07) is 17.0. The molecular formula is C23H24N2O3. The second-order valence-corrected chi connectivity index (χ2v) is 6.70. The first-order valence-electron chi connectivity index (χ1n) is 9.12. The van der Waals surface area contributed by atoms with Gasteiger partial charge in [-0.2, -0.15) is 0 Å². The lowest BCUT2D eigenvalue weighted by atomic mass is 10.0. The molecule has 0 atom stereocenters. The highest BCUT2D eigenvalue weighted by Crippen LogP contribution is 2.37. The molecule has 144 valence electrons. The van der Waals surface area contributed by atoms with Crippen molar-refractivity contribution >= 4 is 11.6 Å². The lowest BCUT2D eigenvalue weighted by Gasteiger charge is -2.13. The molecule has 3 rings (SSSR count). The van der Waals surface area contributed by atoms with Crippen LogP contribution in [-0.4, -0.2) is 25.1 Å². The van der Waals surface area contributed by atoms with E-state index in [0.717, 1.165) is 11.3 Å². The van der Waals surface area contributed by atoms with Crippen molar-refractivity contribution in [1.29, 1.82) is 0 Å². The van der Waals surface area contributed by atoms with Crippen LogP contribution in [0.15, 0.2) is 60.8 Å². The van der Waals surface area contributed by atoms with Gasteiger partial charge in [-0.15, -0.1) is 0 Å². The number of rotatable bonds is 6. The van der Waals surface area contributed by atoms with Crippen molar-refractivity contribution in [2.24, 2.45) is 0 Å². The molecule has 0 aliphatic rings. The molecule has 0 saturated carbocycles. The van der Waals surface area contributed by atoms with Crippen molar-refractivity contribution in [2.75, 3.05) is 19.5 Å². The first kappa shape index (κ1) is 19.4. The van der Waals surface area contributed by atoms with Gasteiger partial charge in [-0.25, -0.2) is 0 Å². The fourth-order valence-corrected chi connectivity index (χ4v) is 2.93. The Kier molecular flexibility index (Phi) is 5.94. The summed E-state index contributed by atoms with van der Waals surface area (Å²) in [6.45, 7) is 4.27. The van der Waals surface area contributed by atoms with Crippen molar-refractivity contribution in [3.63, 3.8) is 0 Å². The zero-order chi connectivity index (χ0) is 20.1. The molecule has 0 radical (unpaired) electrons. The molecule has 28 heavy (non-hydrogen) atoms. The highest BCUT2D eigenvalue weighted by Gasteiger charge is 2.15. The number of methoxy groups -OCH3 is 2. The minimum Gasteiger partial charge on any atom is -0.496 e. The van der Waals surface area contributed by atoms with E-state index in [-0.39, 0.29) is 5.91 Å². The van der Waals surface area contributed by atoms with Crippen LogP contribution in [0.3, 0.4) is 0 Å². The summed E-state index contributed by atoms with van der Waals surface area (Å²) in [5, 5.41) is 2.90. The van der Waals surface area contributed by atoms with Crippen molar-refractivity contribution in [3.05, 3.63) is 71.9 Å². The number of nitrogens with zero attached hydrogens (tertiary/aromatic N) is 1. The molecule has 0 bridgehead atoms. The molecule has 0 aliphatic carbocycles. The number of ether oxygens (including phenoxy) is 2. The smallest absolute Gasteiger partial charge is 0.257 e. The van der Waals surface area contributed by atoms with E-state index >= 15 is 0 Å². The number of hydrogen-bond donors (Lipinski definition) is 1. The molecule has 2 aromatic carbocycles. The van der Waals surface area contributed by atoms with Gasteiger partial charge in [0.25, 0.3) is 5.91 Å². The third kappa shape index (κ3) is 4.14. The molecule has 0 spiro atoms. The van der Waals surface area contributed by atoms with Gasteiger partial charge in [0.1, 0.15) is 11.5 Å². The average molecular weight is 376 g/mol. The molecule has 3 aromatic rings. The number of aromatic nitrogens is 1. The van der Waals surface area contributed by atoms with E-state index in [9.17, 15) is 4.79 Å². The lowest BCUT2D eigenvalue weighted by molar-refractivity contribution is 0.102. The Morgan fingerprint density at radius 1 is 0.929 bits per heavy atom. The van der Waals surface area contributed by atoms with Gasteiger partial charge in [0.15, 0.2) is 0 Å². The van der Waals surface area contributed by atoms with Crippen LogP contribution in [0.2, 0.25) is 0 Å². The number of nitrogens with one attached hydrogen (secondary N) is 1. The van der Waals surface area contributed by atoms with Crippen LogP contribution >= 0.6 is 0 Å². The molecule has 1 heterocycles. The van der Waals surface area contributed by atoms with E-state index in [0.29, 0.717) is 28.7 Å². The monoisotopic (exact) mass is 376 g/mol. The first-order valence-corrected chi connectivity index (χ1v) is 9.12. The second kappa shape index (κ2) is 8.57. The highest BCUT2D eigenvalue weighted by molar-refractivity contribution is 6.04. The largest absolute Gasteiger partial charge is 0.496 e. The molecule has 0 saturated heterocycles. The maximum atomic E-state index is 12.5. The summed E-state index contributed by atoms with van der Waals surface area (Å²) >= 11 is 0. The summed E-state index contributed by atoms with van der Waals surface area (Å²) in [5.41, 5.74) is 3.89. The van der Waals surface area contributed by atoms with Gasteiger partial charge in [-0.05, 0) is 47.9 Å². The van der Waals surface area contributed by atoms with Crippen LogP contribution in [0.5, 0.6) is 11.5 Å². The third-order valence-electron chi connectivity index (χ3n) is 4.54. The minimum atomic E-state index is -0.205. The maximum absolute atomic E-state index is 12.5. The zero-order valence-electron chi connectivity index (χ0n) is 16.5. The van der Waals surface area contributed by atoms with E-state index in [1.54, 1.807) is 32.5 Å². The number of anilines is 1. The Morgan fingerprint density at radius 3 is 2.07 bits per heavy atom. The van der Waals surface area contributed by atoms with Gasteiger partial charge < -0.3 is 14.8 Å². The summed E-state index contributed by atoms with van der Waals surface area (Å²) in [5.74, 6) is 1.57. The van der Waals surface area contributed by atoms with Gasteiger partial charge in [-0.3, -0.25) is 9.78 Å². The van der Waals surface area contributed by atoms with Gasteiger partial charge in [-0.1, -0.05) is 32.0 Å². The standard InChI is InChI=1S/C23H24N2O3/c1-15(2)16-8-11-18(12-9-16)25-23(26)17-10-13-19(24-14-17)22-20(27-3)6-5-7-21(22)28-4/h5-15H,1-4H3,(H,25,26). The molecule has 5 nitrogen and oxygen atoms in total. The molecule has 0 aliphatic heterocycles. The van der Waals surface area contributed by atoms with Crippen LogP contribution in [0.4, 0.5) is 5.69 Å². The third-order valence-corrected chi connectivity index (χ3v) is 4.54. The van der Waals surface area contributed by atoms with Crippen LogP contribution in [0.25, 0.3) is 11.3 Å². The number of hydrogen-bond acceptors (Lipinski definition) is 4. The number of carbonyl (C=O) groups excluding carboxylic acids is 1. The first-order chi connectivity index (χ1) is 13.5. The Labute approximate surface area is 165 Å². The normalized spacial score (nSPS) is 10.6. The summed E-state index contributed by atoms with van der Waals surface area (Å²) in [7, 11) is 3.20. The maximum Gasteiger partial charge on any atom is 0.257 e. The summed E-state index contributed by atoms with van der Waals surface area (Å²) < 4.78 is 10.9. The van der Waals surface area contributed by atoms with Gasteiger partial charge in [0.2, 0.25) is 0 Å². The van der Waals surface area contributed by atoms with Crippen molar-refractivity contribution in [2.45, 2.75) is 19.8 Å². The van der Waals surface area contributed by atoms with Crippen LogP contribution in [0, 0.1) is 0 Å². The Balaban J connectivity index is 1.80. The zero-order valence-corrected chi connectivity index (χ0v) is 16.5. The molecule has 1 N–H and O–H groups in total. The number of pyridine rings is 1. The fourth-order valence-electron chi connectivity index (χ4n) is 2.93. The molecular weight excluding hydrogens is 352 g/mol. The van der Waals surface area contributed by atoms with E-state index in [4.69, 9.17) is 9.47 Å². The van der Waals surface area contributed by atoms with Crippen LogP contribution in [0.1, 0.15) is 35.7 Å². The van der Waals surface area contributed by atoms with Gasteiger partial charge in [0.05, 0.1) is 31.0 Å². The van der Waals surface area contributed by atoms with Crippen LogP contribution < -0.4 is 14.8 Å². The quantitative estimate of drug-likeness (QED) is 0.647. The Bertz CT molecular complexity index is 926. The molecule has 1 aromatic heterocycles. The van der Waals surface area contributed by atoms with Gasteiger partial charge >= 0.3 is 0 Å². The minimum absolute atomic E-state index is 0.205. The lowest BCUT2D eigenvalue weighted by Crippen LogP contribution is -2.12. The Morgan fingerprint density at radius 2 is 1.57 bits per heavy atom. The van der Waals surface area contributed by atoms with Gasteiger partial charge in [0, 0.05) is 11.9 Å². The van der Waals surface area contributed by atoms with E-state index in [1.807, 2.05) is 42.5 Å². The molecule has 5 heteroatoms. The molecule has 0 fully saturated rings. The van der Waals surface area contributed by atoms with Crippen molar-refractivity contribution in [3.8, 4) is 22.8 Å². The number of carbonyl (C=O) groups is 1. The topological polar surface area (TPSA) is 60.5 Å². The summed E-state index contributed by atoms with van der Waals surface area (Å²) in [4.78, 5) is 17.0. The average Bonchev–Trinajstić information content (AvgIpc) is 2.73. The number of amides is 1. The summed E-state index contributed by atoms with van der Waals surface area (Å²) in [6.07, 6.45) is 1.55. The van der Waals surface area contributed by atoms with Crippen molar-refractivity contribution < 1.29 is 14.3 Å². The van der Waals surface area contributed by atoms with E-state index in [1.165, 1.54) is 5.56 Å². The van der Waals surface area contributed by atoms with Crippen LogP contribution in [-0.2, 0) is 0 Å². The van der Waals surface area contributed by atoms with E-state index in [2.05, 4.69) is 24.1 Å². The molecule has 0 unspecified atom stereocenters. The number of benzene rings is 2. The predicted octanol–water partition coefficient (Wildman–Crippen LogP) is 5.14. The SMILES string of the molecule is COc1cccc(OC)c1-c1ccc(C(=O)Nc2ccc(C(C)C)cc2)cn1. The molecule has 1 amide bonds. The van der Waals surface area contributed by atoms with Crippen molar-refractivity contribution in [1.82, 2.24) is 4.98 Å². The fraction of sp³-hybridized carbons (Fsp3) is 0.217. The predicted molar refractivity (Wildman–Crippen MR) is 111 cm³/mol. The Hall–Kier alpha value is -3.34.